The van der Waals surface area contributed by atoms with E-state index in [1.165, 1.54) is 0 Å². The molecule has 2 heterocycles. The average molecular weight is 330 g/mol. The van der Waals surface area contributed by atoms with Crippen LogP contribution in [0.2, 0.25) is 0 Å². The first-order valence-corrected chi connectivity index (χ1v) is 6.85. The minimum Gasteiger partial charge on any atom is -0.360 e. The van der Waals surface area contributed by atoms with Gasteiger partial charge >= 0.3 is 6.03 Å². The standard InChI is InChI=1S/C11H12BrN3O2S/c1-7-5-10(14-17-7)13-11(16)15(2)6-8-3-4-9(12)18-8/h3-5H,6H2,1-2H3,(H,13,14,16). The summed E-state index contributed by atoms with van der Waals surface area (Å²) in [4.78, 5) is 14.6. The van der Waals surface area contributed by atoms with Crippen LogP contribution in [-0.2, 0) is 6.54 Å². The van der Waals surface area contributed by atoms with Crippen molar-refractivity contribution in [3.8, 4) is 0 Å². The summed E-state index contributed by atoms with van der Waals surface area (Å²) >= 11 is 5.00. The highest BCUT2D eigenvalue weighted by Crippen LogP contribution is 2.23. The fraction of sp³-hybridized carbons (Fsp3) is 0.273. The van der Waals surface area contributed by atoms with Crippen molar-refractivity contribution in [2.75, 3.05) is 12.4 Å². The highest BCUT2D eigenvalue weighted by molar-refractivity contribution is 9.11. The summed E-state index contributed by atoms with van der Waals surface area (Å²) in [6, 6.07) is 5.41. The molecular formula is C11H12BrN3O2S. The van der Waals surface area contributed by atoms with Crippen LogP contribution in [0.1, 0.15) is 10.6 Å². The van der Waals surface area contributed by atoms with Gasteiger partial charge in [-0.05, 0) is 35.0 Å². The van der Waals surface area contributed by atoms with E-state index >= 15 is 0 Å². The van der Waals surface area contributed by atoms with Gasteiger partial charge in [-0.2, -0.15) is 0 Å². The Labute approximate surface area is 117 Å². The van der Waals surface area contributed by atoms with Crippen molar-refractivity contribution < 1.29 is 9.32 Å². The van der Waals surface area contributed by atoms with Gasteiger partial charge in [0, 0.05) is 18.0 Å². The molecule has 7 heteroatoms. The summed E-state index contributed by atoms with van der Waals surface area (Å²) in [7, 11) is 1.73. The molecule has 0 aliphatic carbocycles. The number of nitrogens with one attached hydrogen (secondary N) is 1. The molecule has 0 aliphatic rings. The molecule has 0 radical (unpaired) electrons. The number of carbonyl (C=O) groups is 1. The summed E-state index contributed by atoms with van der Waals surface area (Å²) in [6.07, 6.45) is 0. The lowest BCUT2D eigenvalue weighted by Crippen LogP contribution is -2.30. The second-order valence-corrected chi connectivity index (χ2v) is 6.36. The third kappa shape index (κ3) is 3.33. The highest BCUT2D eigenvalue weighted by Gasteiger charge is 2.12. The fourth-order valence-corrected chi connectivity index (χ4v) is 2.91. The molecule has 96 valence electrons. The molecule has 0 atom stereocenters. The van der Waals surface area contributed by atoms with E-state index in [1.54, 1.807) is 36.3 Å². The van der Waals surface area contributed by atoms with E-state index in [0.717, 1.165) is 8.66 Å². The van der Waals surface area contributed by atoms with Gasteiger partial charge in [0.15, 0.2) is 5.82 Å². The predicted octanol–water partition coefficient (Wildman–Crippen LogP) is 3.47. The Balaban J connectivity index is 1.92. The molecule has 0 unspecified atom stereocenters. The summed E-state index contributed by atoms with van der Waals surface area (Å²) in [5.74, 6) is 1.09. The lowest BCUT2D eigenvalue weighted by atomic mass is 10.4. The Morgan fingerprint density at radius 1 is 1.61 bits per heavy atom. The van der Waals surface area contributed by atoms with Gasteiger partial charge in [-0.15, -0.1) is 11.3 Å². The molecule has 0 aliphatic heterocycles. The van der Waals surface area contributed by atoms with E-state index in [-0.39, 0.29) is 6.03 Å². The minimum atomic E-state index is -0.215. The third-order valence-corrected chi connectivity index (χ3v) is 3.84. The number of rotatable bonds is 3. The molecule has 2 rings (SSSR count). The molecule has 0 aromatic carbocycles. The number of aryl methyl sites for hydroxylation is 1. The first-order chi connectivity index (χ1) is 8.54. The second kappa shape index (κ2) is 5.53. The van der Waals surface area contributed by atoms with Gasteiger partial charge in [-0.3, -0.25) is 5.32 Å². The number of carbonyl (C=O) groups excluding carboxylic acids is 1. The fourth-order valence-electron chi connectivity index (χ4n) is 1.37. The Hall–Kier alpha value is -1.34. The Morgan fingerprint density at radius 2 is 2.39 bits per heavy atom. The number of aromatic nitrogens is 1. The maximum Gasteiger partial charge on any atom is 0.323 e. The van der Waals surface area contributed by atoms with Gasteiger partial charge in [-0.1, -0.05) is 5.16 Å². The van der Waals surface area contributed by atoms with Gasteiger partial charge in [0.2, 0.25) is 0 Å². The molecule has 5 nitrogen and oxygen atoms in total. The van der Waals surface area contributed by atoms with Crippen LogP contribution in [-0.4, -0.2) is 23.1 Å². The topological polar surface area (TPSA) is 58.4 Å². The van der Waals surface area contributed by atoms with Crippen LogP contribution in [0, 0.1) is 6.92 Å². The molecule has 1 N–H and O–H groups in total. The van der Waals surface area contributed by atoms with E-state index in [9.17, 15) is 4.79 Å². The van der Waals surface area contributed by atoms with Crippen molar-refractivity contribution in [1.29, 1.82) is 0 Å². The van der Waals surface area contributed by atoms with E-state index in [0.29, 0.717) is 18.1 Å². The third-order valence-electron chi connectivity index (χ3n) is 2.23. The van der Waals surface area contributed by atoms with E-state index in [2.05, 4.69) is 26.4 Å². The Bertz CT molecular complexity index is 552. The van der Waals surface area contributed by atoms with Gasteiger partial charge in [0.1, 0.15) is 5.76 Å². The quantitative estimate of drug-likeness (QED) is 0.937. The molecule has 18 heavy (non-hydrogen) atoms. The normalized spacial score (nSPS) is 10.4. The number of hydrogen-bond donors (Lipinski definition) is 1. The minimum absolute atomic E-state index is 0.215. The zero-order valence-electron chi connectivity index (χ0n) is 9.94. The van der Waals surface area contributed by atoms with Crippen molar-refractivity contribution in [3.05, 3.63) is 32.6 Å². The van der Waals surface area contributed by atoms with Crippen molar-refractivity contribution in [2.45, 2.75) is 13.5 Å². The van der Waals surface area contributed by atoms with Gasteiger partial charge in [0.05, 0.1) is 10.3 Å². The molecule has 2 aromatic rings. The van der Waals surface area contributed by atoms with Crippen LogP contribution in [0.5, 0.6) is 0 Å². The number of thiophene rings is 1. The highest BCUT2D eigenvalue weighted by atomic mass is 79.9. The average Bonchev–Trinajstić information content (AvgIpc) is 2.88. The van der Waals surface area contributed by atoms with Crippen LogP contribution in [0.4, 0.5) is 10.6 Å². The molecular weight excluding hydrogens is 318 g/mol. The number of amides is 2. The Morgan fingerprint density at radius 3 is 2.94 bits per heavy atom. The predicted molar refractivity (Wildman–Crippen MR) is 73.7 cm³/mol. The Kier molecular flexibility index (Phi) is 4.03. The zero-order chi connectivity index (χ0) is 13.1. The molecule has 0 saturated carbocycles. The van der Waals surface area contributed by atoms with Crippen molar-refractivity contribution in [2.24, 2.45) is 0 Å². The van der Waals surface area contributed by atoms with Gasteiger partial charge in [0.25, 0.3) is 0 Å². The molecule has 0 spiro atoms. The number of anilines is 1. The summed E-state index contributed by atoms with van der Waals surface area (Å²) in [5, 5.41) is 6.38. The second-order valence-electron chi connectivity index (χ2n) is 3.81. The molecule has 0 fully saturated rings. The van der Waals surface area contributed by atoms with Crippen LogP contribution in [0.15, 0.2) is 26.5 Å². The summed E-state index contributed by atoms with van der Waals surface area (Å²) < 4.78 is 5.93. The SMILES string of the molecule is Cc1cc(NC(=O)N(C)Cc2ccc(Br)s2)no1. The molecule has 0 saturated heterocycles. The summed E-state index contributed by atoms with van der Waals surface area (Å²) in [5.41, 5.74) is 0. The number of urea groups is 1. The van der Waals surface area contributed by atoms with E-state index in [1.807, 2.05) is 12.1 Å². The monoisotopic (exact) mass is 329 g/mol. The van der Waals surface area contributed by atoms with Crippen molar-refractivity contribution in [3.63, 3.8) is 0 Å². The van der Waals surface area contributed by atoms with Gasteiger partial charge in [-0.25, -0.2) is 4.79 Å². The lowest BCUT2D eigenvalue weighted by molar-refractivity contribution is 0.221. The molecule has 2 amide bonds. The van der Waals surface area contributed by atoms with Crippen LogP contribution in [0.25, 0.3) is 0 Å². The zero-order valence-corrected chi connectivity index (χ0v) is 12.3. The maximum atomic E-state index is 11.9. The van der Waals surface area contributed by atoms with Crippen LogP contribution >= 0.6 is 27.3 Å². The van der Waals surface area contributed by atoms with Crippen LogP contribution in [0.3, 0.4) is 0 Å². The lowest BCUT2D eigenvalue weighted by Gasteiger charge is -2.15. The van der Waals surface area contributed by atoms with Crippen molar-refractivity contribution >= 4 is 39.1 Å². The van der Waals surface area contributed by atoms with Gasteiger partial charge < -0.3 is 9.42 Å². The first kappa shape index (κ1) is 13.1. The van der Waals surface area contributed by atoms with Crippen LogP contribution < -0.4 is 5.32 Å². The maximum absolute atomic E-state index is 11.9. The smallest absolute Gasteiger partial charge is 0.323 e. The number of nitrogens with zero attached hydrogens (tertiary/aromatic N) is 2. The number of hydrogen-bond acceptors (Lipinski definition) is 4. The molecule has 0 bridgehead atoms. The summed E-state index contributed by atoms with van der Waals surface area (Å²) in [6.45, 7) is 2.33. The number of halogens is 1. The largest absolute Gasteiger partial charge is 0.360 e. The van der Waals surface area contributed by atoms with Crippen molar-refractivity contribution in [1.82, 2.24) is 10.1 Å². The first-order valence-electron chi connectivity index (χ1n) is 5.24. The van der Waals surface area contributed by atoms with E-state index < -0.39 is 0 Å². The van der Waals surface area contributed by atoms with E-state index in [4.69, 9.17) is 4.52 Å². The molecule has 2 aromatic heterocycles.